The van der Waals surface area contributed by atoms with Gasteiger partial charge in [0.2, 0.25) is 0 Å². The molecule has 23 heavy (non-hydrogen) atoms. The molecule has 0 saturated carbocycles. The van der Waals surface area contributed by atoms with Gasteiger partial charge in [-0.25, -0.2) is 0 Å². The van der Waals surface area contributed by atoms with E-state index in [4.69, 9.17) is 4.74 Å². The van der Waals surface area contributed by atoms with Gasteiger partial charge >= 0.3 is 0 Å². The van der Waals surface area contributed by atoms with Crippen molar-refractivity contribution in [1.29, 1.82) is 0 Å². The van der Waals surface area contributed by atoms with Gasteiger partial charge in [0, 0.05) is 39.1 Å². The zero-order chi connectivity index (χ0) is 16.1. The Morgan fingerprint density at radius 1 is 1.09 bits per heavy atom. The predicted molar refractivity (Wildman–Crippen MR) is 93.3 cm³/mol. The summed E-state index contributed by atoms with van der Waals surface area (Å²) in [4.78, 5) is 0. The van der Waals surface area contributed by atoms with Crippen molar-refractivity contribution in [1.82, 2.24) is 5.32 Å². The van der Waals surface area contributed by atoms with Crippen molar-refractivity contribution >= 4 is 0 Å². The molecule has 1 heterocycles. The second-order valence-corrected chi connectivity index (χ2v) is 6.46. The Hall–Kier alpha value is -1.68. The molecule has 0 spiro atoms. The van der Waals surface area contributed by atoms with E-state index in [0.717, 1.165) is 6.54 Å². The maximum Gasteiger partial charge on any atom is 0.0815 e. The van der Waals surface area contributed by atoms with Crippen LogP contribution in [0.1, 0.15) is 24.0 Å². The van der Waals surface area contributed by atoms with E-state index < -0.39 is 5.60 Å². The minimum absolute atomic E-state index is 0.616. The highest BCUT2D eigenvalue weighted by molar-refractivity contribution is 5.67. The highest BCUT2D eigenvalue weighted by atomic mass is 16.5. The Kier molecular flexibility index (Phi) is 5.11. The Morgan fingerprint density at radius 2 is 1.87 bits per heavy atom. The fraction of sp³-hybridized carbons (Fsp3) is 0.400. The third kappa shape index (κ3) is 4.20. The van der Waals surface area contributed by atoms with E-state index >= 15 is 0 Å². The Morgan fingerprint density at radius 3 is 2.65 bits per heavy atom. The lowest BCUT2D eigenvalue weighted by atomic mass is 9.94. The molecule has 0 unspecified atom stereocenters. The summed E-state index contributed by atoms with van der Waals surface area (Å²) in [5.41, 5.74) is 4.42. The molecule has 3 rings (SSSR count). The van der Waals surface area contributed by atoms with Crippen LogP contribution in [0.25, 0.3) is 11.1 Å². The molecule has 2 aromatic carbocycles. The van der Waals surface area contributed by atoms with Crippen LogP contribution in [0.15, 0.2) is 48.5 Å². The minimum Gasteiger partial charge on any atom is -0.388 e. The van der Waals surface area contributed by atoms with Crippen molar-refractivity contribution < 1.29 is 9.84 Å². The lowest BCUT2D eigenvalue weighted by Gasteiger charge is -2.32. The molecule has 3 heteroatoms. The maximum atomic E-state index is 10.5. The summed E-state index contributed by atoms with van der Waals surface area (Å²) < 4.78 is 5.32. The SMILES string of the molecule is Cc1ccccc1-c1cccc(CNCC2(O)CCOCC2)c1. The van der Waals surface area contributed by atoms with Gasteiger partial charge in [0.1, 0.15) is 0 Å². The summed E-state index contributed by atoms with van der Waals surface area (Å²) in [6.07, 6.45) is 1.42. The molecule has 0 aromatic heterocycles. The molecule has 0 atom stereocenters. The van der Waals surface area contributed by atoms with Crippen molar-refractivity contribution in [2.75, 3.05) is 19.8 Å². The monoisotopic (exact) mass is 311 g/mol. The van der Waals surface area contributed by atoms with E-state index in [1.165, 1.54) is 22.3 Å². The van der Waals surface area contributed by atoms with Crippen LogP contribution < -0.4 is 5.32 Å². The molecule has 2 N–H and O–H groups in total. The quantitative estimate of drug-likeness (QED) is 0.890. The number of hydrogen-bond donors (Lipinski definition) is 2. The van der Waals surface area contributed by atoms with E-state index in [-0.39, 0.29) is 0 Å². The van der Waals surface area contributed by atoms with Gasteiger partial charge in [0.15, 0.2) is 0 Å². The van der Waals surface area contributed by atoms with Gasteiger partial charge in [-0.2, -0.15) is 0 Å². The fourth-order valence-corrected chi connectivity index (χ4v) is 3.11. The standard InChI is InChI=1S/C20H25NO2/c1-16-5-2-3-8-19(16)18-7-4-6-17(13-18)14-21-15-20(22)9-11-23-12-10-20/h2-8,13,21-22H,9-12,14-15H2,1H3. The van der Waals surface area contributed by atoms with Crippen LogP contribution in [-0.2, 0) is 11.3 Å². The van der Waals surface area contributed by atoms with Crippen molar-refractivity contribution in [3.63, 3.8) is 0 Å². The molecular formula is C20H25NO2. The molecule has 3 nitrogen and oxygen atoms in total. The normalized spacial score (nSPS) is 17.1. The molecule has 0 aliphatic carbocycles. The van der Waals surface area contributed by atoms with E-state index in [0.29, 0.717) is 32.6 Å². The number of aryl methyl sites for hydroxylation is 1. The van der Waals surface area contributed by atoms with Crippen molar-refractivity contribution in [3.05, 3.63) is 59.7 Å². The molecule has 0 bridgehead atoms. The molecule has 1 aliphatic heterocycles. The van der Waals surface area contributed by atoms with Crippen LogP contribution in [0.5, 0.6) is 0 Å². The molecule has 0 radical (unpaired) electrons. The van der Waals surface area contributed by atoms with E-state index in [1.807, 2.05) is 0 Å². The van der Waals surface area contributed by atoms with Gasteiger partial charge in [-0.1, -0.05) is 42.5 Å². The fourth-order valence-electron chi connectivity index (χ4n) is 3.11. The highest BCUT2D eigenvalue weighted by Gasteiger charge is 2.28. The minimum atomic E-state index is -0.619. The lowest BCUT2D eigenvalue weighted by Crippen LogP contribution is -2.44. The Labute approximate surface area is 138 Å². The number of hydrogen-bond acceptors (Lipinski definition) is 3. The van der Waals surface area contributed by atoms with E-state index in [2.05, 4.69) is 60.8 Å². The van der Waals surface area contributed by atoms with Crippen LogP contribution >= 0.6 is 0 Å². The Bertz CT molecular complexity index is 648. The second-order valence-electron chi connectivity index (χ2n) is 6.46. The first-order valence-electron chi connectivity index (χ1n) is 8.32. The van der Waals surface area contributed by atoms with Crippen LogP contribution in [0.3, 0.4) is 0 Å². The molecule has 1 aliphatic rings. The van der Waals surface area contributed by atoms with Gasteiger partial charge in [0.05, 0.1) is 5.60 Å². The van der Waals surface area contributed by atoms with Gasteiger partial charge in [-0.15, -0.1) is 0 Å². The van der Waals surface area contributed by atoms with Crippen LogP contribution in [0, 0.1) is 6.92 Å². The predicted octanol–water partition coefficient (Wildman–Crippen LogP) is 3.29. The summed E-state index contributed by atoms with van der Waals surface area (Å²) >= 11 is 0. The first-order valence-corrected chi connectivity index (χ1v) is 8.32. The first kappa shape index (κ1) is 16.2. The molecule has 2 aromatic rings. The highest BCUT2D eigenvalue weighted by Crippen LogP contribution is 2.24. The zero-order valence-electron chi connectivity index (χ0n) is 13.7. The topological polar surface area (TPSA) is 41.5 Å². The zero-order valence-corrected chi connectivity index (χ0v) is 13.7. The lowest BCUT2D eigenvalue weighted by molar-refractivity contribution is -0.0617. The van der Waals surface area contributed by atoms with E-state index in [9.17, 15) is 5.11 Å². The Balaban J connectivity index is 1.63. The summed E-state index contributed by atoms with van der Waals surface area (Å²) in [5, 5.41) is 13.9. The number of ether oxygens (including phenoxy) is 1. The van der Waals surface area contributed by atoms with Gasteiger partial charge < -0.3 is 15.2 Å². The van der Waals surface area contributed by atoms with Gasteiger partial charge in [-0.05, 0) is 35.2 Å². The van der Waals surface area contributed by atoms with Crippen LogP contribution in [-0.4, -0.2) is 30.5 Å². The molecular weight excluding hydrogens is 286 g/mol. The number of nitrogens with one attached hydrogen (secondary N) is 1. The largest absolute Gasteiger partial charge is 0.388 e. The molecule has 0 amide bonds. The average Bonchev–Trinajstić information content (AvgIpc) is 2.56. The van der Waals surface area contributed by atoms with E-state index in [1.54, 1.807) is 0 Å². The smallest absolute Gasteiger partial charge is 0.0815 e. The molecule has 122 valence electrons. The van der Waals surface area contributed by atoms with Crippen molar-refractivity contribution in [2.45, 2.75) is 31.9 Å². The third-order valence-corrected chi connectivity index (χ3v) is 4.59. The second kappa shape index (κ2) is 7.26. The third-order valence-electron chi connectivity index (χ3n) is 4.59. The summed E-state index contributed by atoms with van der Waals surface area (Å²) in [6.45, 7) is 4.83. The number of aliphatic hydroxyl groups is 1. The summed E-state index contributed by atoms with van der Waals surface area (Å²) in [7, 11) is 0. The summed E-state index contributed by atoms with van der Waals surface area (Å²) in [5.74, 6) is 0. The van der Waals surface area contributed by atoms with Crippen molar-refractivity contribution in [2.24, 2.45) is 0 Å². The number of rotatable bonds is 5. The average molecular weight is 311 g/mol. The van der Waals surface area contributed by atoms with Crippen LogP contribution in [0.4, 0.5) is 0 Å². The summed E-state index contributed by atoms with van der Waals surface area (Å²) in [6, 6.07) is 17.0. The van der Waals surface area contributed by atoms with Crippen molar-refractivity contribution in [3.8, 4) is 11.1 Å². The van der Waals surface area contributed by atoms with Gasteiger partial charge in [0.25, 0.3) is 0 Å². The first-order chi connectivity index (χ1) is 11.2. The van der Waals surface area contributed by atoms with Gasteiger partial charge in [-0.3, -0.25) is 0 Å². The maximum absolute atomic E-state index is 10.5. The molecule has 1 saturated heterocycles. The molecule has 1 fully saturated rings. The van der Waals surface area contributed by atoms with Crippen LogP contribution in [0.2, 0.25) is 0 Å². The number of benzene rings is 2.